The Balaban J connectivity index is 1.42. The summed E-state index contributed by atoms with van der Waals surface area (Å²) in [6.07, 6.45) is 12.2. The minimum Gasteiger partial charge on any atom is -0.377 e. The molecule has 0 aliphatic heterocycles. The summed E-state index contributed by atoms with van der Waals surface area (Å²) in [4.78, 5) is 15.0. The number of carbonyl (C=O) groups excluding carboxylic acids is 1. The Kier molecular flexibility index (Phi) is 5.79. The predicted molar refractivity (Wildman–Crippen MR) is 114 cm³/mol. The maximum absolute atomic E-state index is 12.6. The molecule has 4 rings (SSSR count). The van der Waals surface area contributed by atoms with Gasteiger partial charge in [-0.3, -0.25) is 4.79 Å². The number of hydrogen-bond donors (Lipinski definition) is 0. The van der Waals surface area contributed by atoms with Crippen LogP contribution in [0.2, 0.25) is 0 Å². The van der Waals surface area contributed by atoms with Gasteiger partial charge in [-0.25, -0.2) is 0 Å². The number of nitrogens with zero attached hydrogens (tertiary/aromatic N) is 1. The van der Waals surface area contributed by atoms with Gasteiger partial charge in [0.05, 0.1) is 12.7 Å². The molecule has 28 heavy (non-hydrogen) atoms. The van der Waals surface area contributed by atoms with Crippen LogP contribution in [0.15, 0.2) is 11.6 Å². The van der Waals surface area contributed by atoms with Gasteiger partial charge in [-0.2, -0.15) is 0 Å². The summed E-state index contributed by atoms with van der Waals surface area (Å²) in [5.41, 5.74) is 2.03. The van der Waals surface area contributed by atoms with Gasteiger partial charge in [-0.05, 0) is 81.2 Å². The second kappa shape index (κ2) is 7.87. The number of fused-ring (bicyclic) bond motifs is 5. The van der Waals surface area contributed by atoms with Crippen LogP contribution >= 0.6 is 0 Å². The lowest BCUT2D eigenvalue weighted by Gasteiger charge is -2.57. The second-order valence-electron chi connectivity index (χ2n) is 10.4. The van der Waals surface area contributed by atoms with E-state index in [1.807, 2.05) is 0 Å². The fourth-order valence-corrected chi connectivity index (χ4v) is 7.43. The van der Waals surface area contributed by atoms with Crippen LogP contribution in [0.5, 0.6) is 0 Å². The summed E-state index contributed by atoms with van der Waals surface area (Å²) >= 11 is 0. The summed E-state index contributed by atoms with van der Waals surface area (Å²) in [6.45, 7) is 13.4. The first-order chi connectivity index (χ1) is 13.4. The summed E-state index contributed by atoms with van der Waals surface area (Å²) in [6, 6.07) is 0. The smallest absolute Gasteiger partial charge is 0.139 e. The summed E-state index contributed by atoms with van der Waals surface area (Å²) < 4.78 is 6.32. The summed E-state index contributed by atoms with van der Waals surface area (Å²) in [5.74, 6) is 2.71. The van der Waals surface area contributed by atoms with E-state index in [0.29, 0.717) is 23.2 Å². The van der Waals surface area contributed by atoms with E-state index < -0.39 is 0 Å². The lowest BCUT2D eigenvalue weighted by Crippen LogP contribution is -2.50. The molecule has 0 saturated heterocycles. The Bertz CT molecular complexity index is 624. The van der Waals surface area contributed by atoms with E-state index in [2.05, 4.69) is 38.7 Å². The van der Waals surface area contributed by atoms with Crippen molar-refractivity contribution in [2.24, 2.45) is 28.6 Å². The van der Waals surface area contributed by atoms with Crippen LogP contribution in [0.1, 0.15) is 79.1 Å². The van der Waals surface area contributed by atoms with Gasteiger partial charge >= 0.3 is 0 Å². The molecule has 0 radical (unpaired) electrons. The predicted octanol–water partition coefficient (Wildman–Crippen LogP) is 5.25. The van der Waals surface area contributed by atoms with Crippen LogP contribution in [0.3, 0.4) is 0 Å². The van der Waals surface area contributed by atoms with Crippen LogP contribution < -0.4 is 0 Å². The standard InChI is InChI=1S/C25H41NO2/c1-5-26(6-2)15-16-28-19-11-13-24(3)18(17-19)7-8-20-21-9-10-23(27)25(21,4)14-12-22(20)24/h7,19-22H,5-6,8-17H2,1-4H3/t19?,20-,21-,22+,24-,25-/m0/s1. The number of ether oxygens (including phenoxy) is 1. The summed E-state index contributed by atoms with van der Waals surface area (Å²) in [7, 11) is 0. The quantitative estimate of drug-likeness (QED) is 0.583. The van der Waals surface area contributed by atoms with E-state index in [1.165, 1.54) is 25.7 Å². The molecule has 0 aromatic rings. The van der Waals surface area contributed by atoms with Crippen molar-refractivity contribution in [1.82, 2.24) is 4.90 Å². The number of allylic oxidation sites excluding steroid dienone is 1. The molecule has 0 spiro atoms. The van der Waals surface area contributed by atoms with E-state index >= 15 is 0 Å². The first-order valence-electron chi connectivity index (χ1n) is 12.0. The van der Waals surface area contributed by atoms with Crippen molar-refractivity contribution in [2.45, 2.75) is 85.2 Å². The average Bonchev–Trinajstić information content (AvgIpc) is 3.00. The van der Waals surface area contributed by atoms with Gasteiger partial charge in [-0.15, -0.1) is 0 Å². The molecule has 3 nitrogen and oxygen atoms in total. The lowest BCUT2D eigenvalue weighted by atomic mass is 9.48. The van der Waals surface area contributed by atoms with Gasteiger partial charge < -0.3 is 9.64 Å². The van der Waals surface area contributed by atoms with Crippen LogP contribution in [-0.4, -0.2) is 43.0 Å². The Morgan fingerprint density at radius 3 is 2.54 bits per heavy atom. The highest BCUT2D eigenvalue weighted by atomic mass is 16.5. The van der Waals surface area contributed by atoms with Crippen molar-refractivity contribution in [2.75, 3.05) is 26.2 Å². The van der Waals surface area contributed by atoms with E-state index in [-0.39, 0.29) is 5.41 Å². The van der Waals surface area contributed by atoms with E-state index in [0.717, 1.165) is 63.8 Å². The molecule has 4 aliphatic carbocycles. The fraction of sp³-hybridized carbons (Fsp3) is 0.880. The number of carbonyl (C=O) groups is 1. The maximum Gasteiger partial charge on any atom is 0.139 e. The van der Waals surface area contributed by atoms with Crippen molar-refractivity contribution < 1.29 is 9.53 Å². The number of rotatable bonds is 6. The van der Waals surface area contributed by atoms with Gasteiger partial charge in [0.25, 0.3) is 0 Å². The van der Waals surface area contributed by atoms with Gasteiger partial charge in [0, 0.05) is 18.4 Å². The van der Waals surface area contributed by atoms with E-state index in [9.17, 15) is 4.79 Å². The third-order valence-corrected chi connectivity index (χ3v) is 9.42. The molecule has 1 unspecified atom stereocenters. The monoisotopic (exact) mass is 387 g/mol. The topological polar surface area (TPSA) is 29.5 Å². The highest BCUT2D eigenvalue weighted by molar-refractivity contribution is 5.87. The Morgan fingerprint density at radius 1 is 1.07 bits per heavy atom. The number of hydrogen-bond acceptors (Lipinski definition) is 3. The van der Waals surface area contributed by atoms with Gasteiger partial charge in [0.1, 0.15) is 5.78 Å². The minimum absolute atomic E-state index is 0.00634. The fourth-order valence-electron chi connectivity index (χ4n) is 7.43. The van der Waals surface area contributed by atoms with Gasteiger partial charge in [0.15, 0.2) is 0 Å². The Labute approximate surface area is 172 Å². The molecule has 3 heteroatoms. The highest BCUT2D eigenvalue weighted by Crippen LogP contribution is 2.64. The first-order valence-corrected chi connectivity index (χ1v) is 12.0. The van der Waals surface area contributed by atoms with Crippen LogP contribution in [-0.2, 0) is 9.53 Å². The van der Waals surface area contributed by atoms with Crippen LogP contribution in [0, 0.1) is 28.6 Å². The number of likely N-dealkylation sites (N-methyl/N-ethyl adjacent to an activating group) is 1. The van der Waals surface area contributed by atoms with Crippen molar-refractivity contribution in [3.05, 3.63) is 11.6 Å². The molecule has 3 saturated carbocycles. The third-order valence-electron chi connectivity index (χ3n) is 9.42. The van der Waals surface area contributed by atoms with Crippen LogP contribution in [0.4, 0.5) is 0 Å². The molecular weight excluding hydrogens is 346 g/mol. The molecule has 3 fully saturated rings. The van der Waals surface area contributed by atoms with Crippen molar-refractivity contribution in [3.8, 4) is 0 Å². The second-order valence-corrected chi connectivity index (χ2v) is 10.4. The SMILES string of the molecule is CCN(CC)CCOC1CC[C@@]2(C)C(=CC[C@@H]3[C@H]2CC[C@]2(C)C(=O)CC[C@@H]32)C1. The van der Waals surface area contributed by atoms with E-state index in [1.54, 1.807) is 5.57 Å². The maximum atomic E-state index is 12.6. The molecule has 0 N–H and O–H groups in total. The molecule has 4 aliphatic rings. The van der Waals surface area contributed by atoms with Crippen molar-refractivity contribution >= 4 is 5.78 Å². The summed E-state index contributed by atoms with van der Waals surface area (Å²) in [5, 5.41) is 0. The van der Waals surface area contributed by atoms with E-state index in [4.69, 9.17) is 4.74 Å². The molecule has 0 amide bonds. The average molecular weight is 388 g/mol. The molecule has 0 heterocycles. The largest absolute Gasteiger partial charge is 0.377 e. The normalized spacial score (nSPS) is 42.8. The van der Waals surface area contributed by atoms with Gasteiger partial charge in [-0.1, -0.05) is 39.3 Å². The zero-order valence-electron chi connectivity index (χ0n) is 18.6. The zero-order valence-corrected chi connectivity index (χ0v) is 18.6. The first kappa shape index (κ1) is 20.6. The zero-order chi connectivity index (χ0) is 19.9. The molecular formula is C25H41NO2. The molecule has 0 aromatic carbocycles. The number of ketones is 1. The molecule has 0 bridgehead atoms. The highest BCUT2D eigenvalue weighted by Gasteiger charge is 2.58. The molecule has 6 atom stereocenters. The van der Waals surface area contributed by atoms with Crippen molar-refractivity contribution in [3.63, 3.8) is 0 Å². The van der Waals surface area contributed by atoms with Crippen LogP contribution in [0.25, 0.3) is 0 Å². The Morgan fingerprint density at radius 2 is 1.79 bits per heavy atom. The third kappa shape index (κ3) is 3.31. The Hall–Kier alpha value is -0.670. The molecule has 158 valence electrons. The number of Topliss-reactive ketones (excluding diaryl/α,β-unsaturated/α-hetero) is 1. The minimum atomic E-state index is -0.00634. The van der Waals surface area contributed by atoms with Gasteiger partial charge in [0.2, 0.25) is 0 Å². The van der Waals surface area contributed by atoms with Crippen molar-refractivity contribution in [1.29, 1.82) is 0 Å². The lowest BCUT2D eigenvalue weighted by molar-refractivity contribution is -0.132. The molecule has 0 aromatic heterocycles.